The third-order valence-corrected chi connectivity index (χ3v) is 6.58. The fourth-order valence-corrected chi connectivity index (χ4v) is 4.29. The third-order valence-electron chi connectivity index (χ3n) is 6.33. The van der Waals surface area contributed by atoms with Crippen molar-refractivity contribution in [3.05, 3.63) is 89.6 Å². The van der Waals surface area contributed by atoms with Gasteiger partial charge in [-0.3, -0.25) is 19.5 Å². The van der Waals surface area contributed by atoms with Gasteiger partial charge in [0.1, 0.15) is 18.0 Å². The maximum absolute atomic E-state index is 13.3. The molecule has 3 aromatic carbocycles. The molecule has 9 heteroatoms. The molecule has 0 saturated heterocycles. The molecule has 194 valence electrons. The molecule has 1 fully saturated rings. The van der Waals surface area contributed by atoms with Crippen LogP contribution < -0.4 is 14.8 Å². The van der Waals surface area contributed by atoms with Crippen molar-refractivity contribution in [3.8, 4) is 28.4 Å². The van der Waals surface area contributed by atoms with E-state index in [4.69, 9.17) is 26.1 Å². The quantitative estimate of drug-likeness (QED) is 0.311. The Bertz CT molecular complexity index is 1450. The van der Waals surface area contributed by atoms with Gasteiger partial charge in [-0.2, -0.15) is 0 Å². The summed E-state index contributed by atoms with van der Waals surface area (Å²) in [5.41, 5.74) is 2.79. The molecule has 0 radical (unpaired) electrons. The highest BCUT2D eigenvalue weighted by Gasteiger charge is 2.34. The van der Waals surface area contributed by atoms with Gasteiger partial charge in [0.05, 0.1) is 19.9 Å². The Kier molecular flexibility index (Phi) is 7.33. The van der Waals surface area contributed by atoms with E-state index in [2.05, 4.69) is 5.32 Å². The second-order valence-corrected chi connectivity index (χ2v) is 9.41. The van der Waals surface area contributed by atoms with E-state index in [1.54, 1.807) is 60.1 Å². The van der Waals surface area contributed by atoms with Crippen LogP contribution in [0, 0.1) is 0 Å². The molecule has 1 heterocycles. The van der Waals surface area contributed by atoms with Gasteiger partial charge in [0.25, 0.3) is 5.91 Å². The molecule has 1 N–H and O–H groups in total. The predicted molar refractivity (Wildman–Crippen MR) is 146 cm³/mol. The summed E-state index contributed by atoms with van der Waals surface area (Å²) in [5, 5.41) is 3.54. The molecule has 2 amide bonds. The molecule has 1 aromatic heterocycles. The molecule has 1 aliphatic carbocycles. The number of hydrogen-bond acceptors (Lipinski definition) is 5. The highest BCUT2D eigenvalue weighted by Crippen LogP contribution is 2.30. The van der Waals surface area contributed by atoms with Crippen molar-refractivity contribution in [1.29, 1.82) is 0 Å². The van der Waals surface area contributed by atoms with E-state index < -0.39 is 0 Å². The summed E-state index contributed by atoms with van der Waals surface area (Å²) in [4.78, 5) is 32.9. The van der Waals surface area contributed by atoms with Gasteiger partial charge in [-0.05, 0) is 67.4 Å². The van der Waals surface area contributed by atoms with E-state index in [1.807, 2.05) is 42.6 Å². The minimum Gasteiger partial charge on any atom is -0.497 e. The number of amides is 2. The number of benzene rings is 3. The van der Waals surface area contributed by atoms with Crippen molar-refractivity contribution in [2.75, 3.05) is 26.1 Å². The number of ether oxygens (including phenoxy) is 2. The number of nitrogens with zero attached hydrogens (tertiary/aromatic N) is 3. The Labute approximate surface area is 225 Å². The van der Waals surface area contributed by atoms with Crippen LogP contribution in [0.15, 0.2) is 79.0 Å². The van der Waals surface area contributed by atoms with E-state index in [1.165, 1.54) is 0 Å². The maximum atomic E-state index is 13.3. The summed E-state index contributed by atoms with van der Waals surface area (Å²) in [5.74, 6) is 1.11. The van der Waals surface area contributed by atoms with Crippen LogP contribution in [0.2, 0.25) is 5.02 Å². The molecule has 0 aliphatic heterocycles. The molecular formula is C29H27ClN4O4. The summed E-state index contributed by atoms with van der Waals surface area (Å²) in [6, 6.07) is 21.8. The zero-order valence-corrected chi connectivity index (χ0v) is 21.8. The van der Waals surface area contributed by atoms with E-state index in [-0.39, 0.29) is 24.4 Å². The average Bonchev–Trinajstić information content (AvgIpc) is 3.71. The SMILES string of the molecule is COc1ccc(-n2cc(-c3ccc(Cl)cc3)nc2NC(=O)CN(C(=O)c2cccc(OC)c2)C2CC2)cc1. The molecule has 5 rings (SSSR count). The summed E-state index contributed by atoms with van der Waals surface area (Å²) in [6.45, 7) is -0.0908. The molecule has 1 aliphatic rings. The first-order valence-corrected chi connectivity index (χ1v) is 12.6. The van der Waals surface area contributed by atoms with Crippen molar-refractivity contribution < 1.29 is 19.1 Å². The molecular weight excluding hydrogens is 504 g/mol. The number of methoxy groups -OCH3 is 2. The number of imidazole rings is 1. The predicted octanol–water partition coefficient (Wildman–Crippen LogP) is 5.45. The molecule has 38 heavy (non-hydrogen) atoms. The van der Waals surface area contributed by atoms with Crippen LogP contribution >= 0.6 is 11.6 Å². The van der Waals surface area contributed by atoms with Crippen molar-refractivity contribution in [2.45, 2.75) is 18.9 Å². The molecule has 1 saturated carbocycles. The van der Waals surface area contributed by atoms with Gasteiger partial charge in [0.2, 0.25) is 11.9 Å². The lowest BCUT2D eigenvalue weighted by molar-refractivity contribution is -0.117. The minimum absolute atomic E-state index is 0.0328. The summed E-state index contributed by atoms with van der Waals surface area (Å²) >= 11 is 6.06. The van der Waals surface area contributed by atoms with Gasteiger partial charge in [-0.15, -0.1) is 0 Å². The van der Waals surface area contributed by atoms with Gasteiger partial charge < -0.3 is 14.4 Å². The highest BCUT2D eigenvalue weighted by atomic mass is 35.5. The summed E-state index contributed by atoms with van der Waals surface area (Å²) in [7, 11) is 3.16. The summed E-state index contributed by atoms with van der Waals surface area (Å²) in [6.07, 6.45) is 3.58. The van der Waals surface area contributed by atoms with Crippen LogP contribution in [0.25, 0.3) is 16.9 Å². The maximum Gasteiger partial charge on any atom is 0.254 e. The Balaban J connectivity index is 1.41. The normalized spacial score (nSPS) is 12.6. The van der Waals surface area contributed by atoms with E-state index in [0.717, 1.165) is 24.1 Å². The van der Waals surface area contributed by atoms with Crippen molar-refractivity contribution >= 4 is 29.4 Å². The fourth-order valence-electron chi connectivity index (χ4n) is 4.16. The molecule has 8 nitrogen and oxygen atoms in total. The number of halogens is 1. The second kappa shape index (κ2) is 11.0. The molecule has 0 atom stereocenters. The van der Waals surface area contributed by atoms with E-state index >= 15 is 0 Å². The number of anilines is 1. The highest BCUT2D eigenvalue weighted by molar-refractivity contribution is 6.30. The minimum atomic E-state index is -0.337. The van der Waals surface area contributed by atoms with Crippen molar-refractivity contribution in [1.82, 2.24) is 14.5 Å². The van der Waals surface area contributed by atoms with Crippen LogP contribution in [0.3, 0.4) is 0 Å². The molecule has 0 unspecified atom stereocenters. The number of carbonyl (C=O) groups is 2. The topological polar surface area (TPSA) is 85.7 Å². The Morgan fingerprint density at radius 2 is 1.71 bits per heavy atom. The standard InChI is InChI=1S/C29H27ClN4O4/c1-37-24-14-12-23(13-15-24)34-17-26(19-6-8-21(30)9-7-19)31-29(34)32-27(35)18-33(22-10-11-22)28(36)20-4-3-5-25(16-20)38-2/h3-9,12-17,22H,10-11,18H2,1-2H3,(H,31,32,35). The number of nitrogens with one attached hydrogen (secondary N) is 1. The van der Waals surface area contributed by atoms with E-state index in [0.29, 0.717) is 33.7 Å². The van der Waals surface area contributed by atoms with Gasteiger partial charge in [-0.25, -0.2) is 4.98 Å². The first kappa shape index (κ1) is 25.4. The lowest BCUT2D eigenvalue weighted by atomic mass is 10.2. The third kappa shape index (κ3) is 5.65. The van der Waals surface area contributed by atoms with Gasteiger partial charge in [0.15, 0.2) is 0 Å². The zero-order chi connectivity index (χ0) is 26.6. The second-order valence-electron chi connectivity index (χ2n) is 8.97. The number of hydrogen-bond donors (Lipinski definition) is 1. The van der Waals surface area contributed by atoms with E-state index in [9.17, 15) is 9.59 Å². The first-order valence-electron chi connectivity index (χ1n) is 12.2. The largest absolute Gasteiger partial charge is 0.497 e. The average molecular weight is 531 g/mol. The van der Waals surface area contributed by atoms with Crippen LogP contribution in [-0.2, 0) is 4.79 Å². The van der Waals surface area contributed by atoms with Crippen LogP contribution in [0.4, 0.5) is 5.95 Å². The number of carbonyl (C=O) groups excluding carboxylic acids is 2. The van der Waals surface area contributed by atoms with Gasteiger partial charge >= 0.3 is 0 Å². The monoisotopic (exact) mass is 530 g/mol. The summed E-state index contributed by atoms with van der Waals surface area (Å²) < 4.78 is 12.3. The number of aromatic nitrogens is 2. The fraction of sp³-hybridized carbons (Fsp3) is 0.207. The van der Waals surface area contributed by atoms with Crippen LogP contribution in [-0.4, -0.2) is 53.1 Å². The molecule has 4 aromatic rings. The molecule has 0 bridgehead atoms. The Hall–Kier alpha value is -4.30. The molecule has 0 spiro atoms. The smallest absolute Gasteiger partial charge is 0.254 e. The lowest BCUT2D eigenvalue weighted by Gasteiger charge is -2.22. The van der Waals surface area contributed by atoms with Gasteiger partial charge in [0, 0.05) is 34.1 Å². The van der Waals surface area contributed by atoms with Crippen molar-refractivity contribution in [3.63, 3.8) is 0 Å². The van der Waals surface area contributed by atoms with Gasteiger partial charge in [-0.1, -0.05) is 29.8 Å². The Morgan fingerprint density at radius 1 is 1.00 bits per heavy atom. The zero-order valence-electron chi connectivity index (χ0n) is 21.1. The number of rotatable bonds is 9. The van der Waals surface area contributed by atoms with Crippen LogP contribution in [0.1, 0.15) is 23.2 Å². The Morgan fingerprint density at radius 3 is 2.37 bits per heavy atom. The van der Waals surface area contributed by atoms with Crippen molar-refractivity contribution in [2.24, 2.45) is 0 Å². The first-order chi connectivity index (χ1) is 18.4. The van der Waals surface area contributed by atoms with Crippen LogP contribution in [0.5, 0.6) is 11.5 Å². The lowest BCUT2D eigenvalue weighted by Crippen LogP contribution is -2.39.